The van der Waals surface area contributed by atoms with E-state index >= 15 is 0 Å². The lowest BCUT2D eigenvalue weighted by atomic mass is 10.1. The number of amidine groups is 1. The predicted molar refractivity (Wildman–Crippen MR) is 115 cm³/mol. The van der Waals surface area contributed by atoms with E-state index in [0.717, 1.165) is 49.0 Å². The predicted octanol–water partition coefficient (Wildman–Crippen LogP) is 4.52. The molecule has 2 N–H and O–H groups in total. The molecule has 6 nitrogen and oxygen atoms in total. The summed E-state index contributed by atoms with van der Waals surface area (Å²) in [6.45, 7) is 6.36. The molecule has 0 radical (unpaired) electrons. The van der Waals surface area contributed by atoms with Crippen LogP contribution in [-0.2, 0) is 6.54 Å². The summed E-state index contributed by atoms with van der Waals surface area (Å²) in [6.07, 6.45) is 3.97. The van der Waals surface area contributed by atoms with Gasteiger partial charge in [-0.15, -0.1) is 0 Å². The lowest BCUT2D eigenvalue weighted by Gasteiger charge is -2.33. The number of rotatable bonds is 5. The zero-order valence-corrected chi connectivity index (χ0v) is 17.2. The molecule has 1 aliphatic rings. The Bertz CT molecular complexity index is 789. The van der Waals surface area contributed by atoms with Gasteiger partial charge in [-0.3, -0.25) is 10.1 Å². The zero-order valence-electron chi connectivity index (χ0n) is 15.7. The van der Waals surface area contributed by atoms with Gasteiger partial charge in [0.15, 0.2) is 5.17 Å². The Kier molecular flexibility index (Phi) is 6.79. The summed E-state index contributed by atoms with van der Waals surface area (Å²) in [6, 6.07) is 10.2. The summed E-state index contributed by atoms with van der Waals surface area (Å²) in [5.41, 5.74) is 2.15. The van der Waals surface area contributed by atoms with Crippen molar-refractivity contribution < 1.29 is 0 Å². The SMILES string of the molecule is CC(C)=NSC(=N)N1CCC(Nc2ccn(Cc3ccc(Cl)cc3)n2)CC1. The van der Waals surface area contributed by atoms with Crippen LogP contribution in [0.2, 0.25) is 5.02 Å². The van der Waals surface area contributed by atoms with E-state index in [-0.39, 0.29) is 0 Å². The maximum absolute atomic E-state index is 8.12. The van der Waals surface area contributed by atoms with Crippen LogP contribution in [0.25, 0.3) is 0 Å². The van der Waals surface area contributed by atoms with Gasteiger partial charge in [0.05, 0.1) is 6.54 Å². The lowest BCUT2D eigenvalue weighted by Crippen LogP contribution is -2.41. The second-order valence-corrected chi connectivity index (χ2v) is 8.05. The number of benzene rings is 1. The van der Waals surface area contributed by atoms with Crippen molar-refractivity contribution >= 4 is 40.2 Å². The van der Waals surface area contributed by atoms with Crippen LogP contribution in [0.3, 0.4) is 0 Å². The summed E-state index contributed by atoms with van der Waals surface area (Å²) in [7, 11) is 0. The Morgan fingerprint density at radius 2 is 1.96 bits per heavy atom. The van der Waals surface area contributed by atoms with E-state index in [4.69, 9.17) is 17.0 Å². The van der Waals surface area contributed by atoms with Crippen LogP contribution in [-0.4, -0.2) is 44.7 Å². The van der Waals surface area contributed by atoms with Crippen LogP contribution in [0, 0.1) is 5.41 Å². The Balaban J connectivity index is 1.47. The molecule has 8 heteroatoms. The summed E-state index contributed by atoms with van der Waals surface area (Å²) in [5, 5.41) is 17.5. The number of halogens is 1. The van der Waals surface area contributed by atoms with Gasteiger partial charge >= 0.3 is 0 Å². The fourth-order valence-corrected chi connectivity index (χ4v) is 3.62. The third kappa shape index (κ3) is 6.01. The van der Waals surface area contributed by atoms with Gasteiger partial charge in [0.25, 0.3) is 0 Å². The smallest absolute Gasteiger partial charge is 0.179 e. The molecule has 1 aromatic heterocycles. The van der Waals surface area contributed by atoms with Crippen molar-refractivity contribution in [3.05, 3.63) is 47.1 Å². The number of aromatic nitrogens is 2. The topological polar surface area (TPSA) is 69.3 Å². The third-order valence-electron chi connectivity index (χ3n) is 4.35. The average molecular weight is 405 g/mol. The molecule has 0 amide bonds. The monoisotopic (exact) mass is 404 g/mol. The van der Waals surface area contributed by atoms with Crippen LogP contribution < -0.4 is 5.32 Å². The average Bonchev–Trinajstić information content (AvgIpc) is 3.09. The van der Waals surface area contributed by atoms with Crippen molar-refractivity contribution in [1.82, 2.24) is 14.7 Å². The molecule has 0 aliphatic carbocycles. The van der Waals surface area contributed by atoms with Gasteiger partial charge in [0.1, 0.15) is 5.82 Å². The van der Waals surface area contributed by atoms with E-state index in [0.29, 0.717) is 11.2 Å². The molecular formula is C19H25ClN6S. The Morgan fingerprint density at radius 3 is 2.63 bits per heavy atom. The highest BCUT2D eigenvalue weighted by molar-refractivity contribution is 8.12. The molecule has 0 saturated carbocycles. The minimum atomic E-state index is 0.384. The molecule has 1 fully saturated rings. The molecule has 1 saturated heterocycles. The van der Waals surface area contributed by atoms with E-state index in [1.807, 2.05) is 55.1 Å². The maximum Gasteiger partial charge on any atom is 0.179 e. The van der Waals surface area contributed by atoms with E-state index < -0.39 is 0 Å². The number of hydrogen-bond acceptors (Lipinski definition) is 5. The molecule has 0 unspecified atom stereocenters. The van der Waals surface area contributed by atoms with E-state index in [9.17, 15) is 0 Å². The van der Waals surface area contributed by atoms with Gasteiger partial charge in [-0.2, -0.15) is 5.10 Å². The number of hydrogen-bond donors (Lipinski definition) is 2. The molecule has 144 valence electrons. The quantitative estimate of drug-likeness (QED) is 0.436. The highest BCUT2D eigenvalue weighted by Gasteiger charge is 2.21. The highest BCUT2D eigenvalue weighted by atomic mass is 35.5. The van der Waals surface area contributed by atoms with Crippen molar-refractivity contribution in [1.29, 1.82) is 5.41 Å². The Hall–Kier alpha value is -1.99. The molecule has 3 rings (SSSR count). The van der Waals surface area contributed by atoms with Gasteiger partial charge in [-0.05, 0) is 44.4 Å². The number of nitrogens with zero attached hydrogens (tertiary/aromatic N) is 4. The first-order valence-corrected chi connectivity index (χ1v) is 10.2. The number of likely N-dealkylation sites (tertiary alicyclic amines) is 1. The minimum Gasteiger partial charge on any atom is -0.366 e. The first kappa shape index (κ1) is 19.8. The first-order valence-electron chi connectivity index (χ1n) is 9.06. The summed E-state index contributed by atoms with van der Waals surface area (Å²) >= 11 is 7.19. The number of piperidine rings is 1. The zero-order chi connectivity index (χ0) is 19.2. The van der Waals surface area contributed by atoms with Crippen LogP contribution in [0.15, 0.2) is 40.9 Å². The molecule has 1 aromatic carbocycles. The van der Waals surface area contributed by atoms with Gasteiger partial charge in [0.2, 0.25) is 0 Å². The standard InChI is InChI=1S/C19H25ClN6S/c1-14(2)24-27-19(21)25-10-7-17(8-11-25)22-18-9-12-26(23-18)13-15-3-5-16(20)6-4-15/h3-6,9,12,17,21H,7-8,10-11,13H2,1-2H3,(H,22,23). The van der Waals surface area contributed by atoms with Crippen molar-refractivity contribution in [3.8, 4) is 0 Å². The number of nitrogens with one attached hydrogen (secondary N) is 2. The second kappa shape index (κ2) is 9.28. The summed E-state index contributed by atoms with van der Waals surface area (Å²) in [5.74, 6) is 0.901. The van der Waals surface area contributed by atoms with E-state index in [1.54, 1.807) is 0 Å². The van der Waals surface area contributed by atoms with Crippen molar-refractivity contribution in [2.45, 2.75) is 39.3 Å². The van der Waals surface area contributed by atoms with Crippen molar-refractivity contribution in [3.63, 3.8) is 0 Å². The highest BCUT2D eigenvalue weighted by Crippen LogP contribution is 2.19. The molecular weight excluding hydrogens is 380 g/mol. The van der Waals surface area contributed by atoms with E-state index in [2.05, 4.69) is 19.7 Å². The fraction of sp³-hybridized carbons (Fsp3) is 0.421. The first-order chi connectivity index (χ1) is 13.0. The molecule has 2 heterocycles. The molecule has 0 bridgehead atoms. The van der Waals surface area contributed by atoms with E-state index in [1.165, 1.54) is 17.5 Å². The normalized spacial score (nSPS) is 14.9. The molecule has 27 heavy (non-hydrogen) atoms. The Morgan fingerprint density at radius 1 is 1.26 bits per heavy atom. The third-order valence-corrected chi connectivity index (χ3v) is 5.49. The van der Waals surface area contributed by atoms with Crippen LogP contribution in [0.5, 0.6) is 0 Å². The fourth-order valence-electron chi connectivity index (χ4n) is 2.93. The number of anilines is 1. The van der Waals surface area contributed by atoms with Crippen LogP contribution in [0.1, 0.15) is 32.3 Å². The largest absolute Gasteiger partial charge is 0.366 e. The van der Waals surface area contributed by atoms with Gasteiger partial charge < -0.3 is 10.2 Å². The maximum atomic E-state index is 8.12. The second-order valence-electron chi connectivity index (χ2n) is 6.87. The van der Waals surface area contributed by atoms with Gasteiger partial charge in [0, 0.05) is 54.1 Å². The van der Waals surface area contributed by atoms with Gasteiger partial charge in [-0.1, -0.05) is 23.7 Å². The molecule has 1 aliphatic heterocycles. The molecule has 2 aromatic rings. The lowest BCUT2D eigenvalue weighted by molar-refractivity contribution is 0.327. The Labute approximate surface area is 169 Å². The molecule has 0 spiro atoms. The van der Waals surface area contributed by atoms with Crippen molar-refractivity contribution in [2.24, 2.45) is 4.40 Å². The summed E-state index contributed by atoms with van der Waals surface area (Å²) < 4.78 is 6.19. The van der Waals surface area contributed by atoms with Crippen molar-refractivity contribution in [2.75, 3.05) is 18.4 Å². The molecule has 0 atom stereocenters. The summed E-state index contributed by atoms with van der Waals surface area (Å²) in [4.78, 5) is 2.09. The van der Waals surface area contributed by atoms with Crippen LogP contribution >= 0.6 is 23.5 Å². The minimum absolute atomic E-state index is 0.384. The van der Waals surface area contributed by atoms with Gasteiger partial charge in [-0.25, -0.2) is 4.40 Å². The van der Waals surface area contributed by atoms with Crippen LogP contribution in [0.4, 0.5) is 5.82 Å².